The summed E-state index contributed by atoms with van der Waals surface area (Å²) >= 11 is 0. The molecule has 0 unspecified atom stereocenters. The number of carbonyl (C=O) groups is 2. The van der Waals surface area contributed by atoms with E-state index in [1.165, 1.54) is 11.1 Å². The predicted octanol–water partition coefficient (Wildman–Crippen LogP) is 2.42. The fourth-order valence-corrected chi connectivity index (χ4v) is 4.43. The van der Waals surface area contributed by atoms with Crippen molar-refractivity contribution in [2.75, 3.05) is 84.9 Å². The van der Waals surface area contributed by atoms with Gasteiger partial charge < -0.3 is 44.8 Å². The Labute approximate surface area is 238 Å². The summed E-state index contributed by atoms with van der Waals surface area (Å²) in [7, 11) is 0. The van der Waals surface area contributed by atoms with Crippen molar-refractivity contribution in [3.8, 4) is 5.75 Å². The van der Waals surface area contributed by atoms with Crippen molar-refractivity contribution < 1.29 is 38.0 Å². The molecule has 228 valence electrons. The third-order valence-electron chi connectivity index (χ3n) is 6.49. The maximum absolute atomic E-state index is 12.6. The topological polar surface area (TPSA) is 145 Å². The Balaban J connectivity index is 1.45. The number of primary amides is 1. The molecule has 0 radical (unpaired) electrons. The molecule has 40 heavy (non-hydrogen) atoms. The number of aryl methyl sites for hydroxylation is 1. The van der Waals surface area contributed by atoms with Gasteiger partial charge in [-0.1, -0.05) is 0 Å². The Morgan fingerprint density at radius 2 is 1.30 bits per heavy atom. The van der Waals surface area contributed by atoms with E-state index in [-0.39, 0.29) is 24.3 Å². The highest BCUT2D eigenvalue weighted by molar-refractivity contribution is 5.76. The second-order valence-corrected chi connectivity index (χ2v) is 10.1. The Morgan fingerprint density at radius 3 is 1.77 bits per heavy atom. The summed E-state index contributed by atoms with van der Waals surface area (Å²) in [5.41, 5.74) is 14.3. The molecule has 0 aromatic heterocycles. The number of piperidine rings is 1. The SMILES string of the molecule is Cc1cc(N)c(OC(C)C)cc1C1CCN(C(=O)CCOCCOCCOCCOCCOCCC(N)=O)CC1. The van der Waals surface area contributed by atoms with Crippen LogP contribution in [0, 0.1) is 6.92 Å². The average Bonchev–Trinajstić information content (AvgIpc) is 2.91. The molecular formula is C29H49N3O8. The summed E-state index contributed by atoms with van der Waals surface area (Å²) in [5, 5.41) is 0. The van der Waals surface area contributed by atoms with Crippen LogP contribution in [0.5, 0.6) is 5.75 Å². The number of ether oxygens (including phenoxy) is 6. The lowest BCUT2D eigenvalue weighted by Crippen LogP contribution is -2.38. The van der Waals surface area contributed by atoms with Gasteiger partial charge in [0.05, 0.1) is 84.3 Å². The second-order valence-electron chi connectivity index (χ2n) is 10.1. The van der Waals surface area contributed by atoms with Gasteiger partial charge in [0.15, 0.2) is 0 Å². The molecule has 0 bridgehead atoms. The minimum absolute atomic E-state index is 0.0662. The van der Waals surface area contributed by atoms with Crippen LogP contribution < -0.4 is 16.2 Å². The number of carbonyl (C=O) groups excluding carboxylic acids is 2. The Kier molecular flexibility index (Phi) is 16.5. The van der Waals surface area contributed by atoms with Crippen molar-refractivity contribution in [2.24, 2.45) is 5.73 Å². The Hall–Kier alpha value is -2.44. The smallest absolute Gasteiger partial charge is 0.224 e. The first-order chi connectivity index (χ1) is 19.3. The highest BCUT2D eigenvalue weighted by atomic mass is 16.6. The van der Waals surface area contributed by atoms with Gasteiger partial charge in [0, 0.05) is 19.5 Å². The first-order valence-electron chi connectivity index (χ1n) is 14.3. The average molecular weight is 568 g/mol. The largest absolute Gasteiger partial charge is 0.489 e. The van der Waals surface area contributed by atoms with E-state index in [2.05, 4.69) is 13.0 Å². The third kappa shape index (κ3) is 13.8. The zero-order chi connectivity index (χ0) is 29.2. The number of nitrogens with two attached hydrogens (primary N) is 2. The number of nitrogen functional groups attached to an aromatic ring is 1. The van der Waals surface area contributed by atoms with Gasteiger partial charge in [0.1, 0.15) is 5.75 Å². The van der Waals surface area contributed by atoms with Gasteiger partial charge in [-0.25, -0.2) is 0 Å². The van der Waals surface area contributed by atoms with Crippen LogP contribution in [0.25, 0.3) is 0 Å². The van der Waals surface area contributed by atoms with Crippen molar-refractivity contribution >= 4 is 17.5 Å². The fraction of sp³-hybridized carbons (Fsp3) is 0.724. The molecule has 2 amide bonds. The molecule has 1 aromatic rings. The zero-order valence-corrected chi connectivity index (χ0v) is 24.5. The number of likely N-dealkylation sites (tertiary alicyclic amines) is 1. The fourth-order valence-electron chi connectivity index (χ4n) is 4.43. The van der Waals surface area contributed by atoms with Gasteiger partial charge >= 0.3 is 0 Å². The summed E-state index contributed by atoms with van der Waals surface area (Å²) < 4.78 is 32.9. The van der Waals surface area contributed by atoms with Crippen LogP contribution in [0.4, 0.5) is 5.69 Å². The number of nitrogens with zero attached hydrogens (tertiary/aromatic N) is 1. The van der Waals surface area contributed by atoms with Crippen LogP contribution in [0.1, 0.15) is 56.6 Å². The molecule has 11 heteroatoms. The predicted molar refractivity (Wildman–Crippen MR) is 152 cm³/mol. The lowest BCUT2D eigenvalue weighted by molar-refractivity contribution is -0.133. The van der Waals surface area contributed by atoms with E-state index in [0.29, 0.717) is 84.1 Å². The quantitative estimate of drug-likeness (QED) is 0.169. The molecule has 1 saturated heterocycles. The second kappa shape index (κ2) is 19.6. The van der Waals surface area contributed by atoms with Gasteiger partial charge in [-0.05, 0) is 62.8 Å². The minimum atomic E-state index is -0.376. The van der Waals surface area contributed by atoms with Gasteiger partial charge in [-0.15, -0.1) is 0 Å². The van der Waals surface area contributed by atoms with Crippen molar-refractivity contribution in [3.63, 3.8) is 0 Å². The molecule has 1 aliphatic rings. The molecule has 4 N–H and O–H groups in total. The van der Waals surface area contributed by atoms with Crippen molar-refractivity contribution in [3.05, 3.63) is 23.3 Å². The van der Waals surface area contributed by atoms with E-state index in [1.807, 2.05) is 24.8 Å². The van der Waals surface area contributed by atoms with Crippen LogP contribution in [-0.2, 0) is 33.3 Å². The number of benzene rings is 1. The normalized spacial score (nSPS) is 14.2. The van der Waals surface area contributed by atoms with Gasteiger partial charge in [0.25, 0.3) is 0 Å². The van der Waals surface area contributed by atoms with Crippen molar-refractivity contribution in [1.29, 1.82) is 0 Å². The van der Waals surface area contributed by atoms with Gasteiger partial charge in [-0.3, -0.25) is 9.59 Å². The third-order valence-corrected chi connectivity index (χ3v) is 6.49. The summed E-state index contributed by atoms with van der Waals surface area (Å²) in [6.07, 6.45) is 2.50. The lowest BCUT2D eigenvalue weighted by Gasteiger charge is -2.33. The summed E-state index contributed by atoms with van der Waals surface area (Å²) in [6, 6.07) is 4.07. The number of rotatable bonds is 21. The molecule has 1 aromatic carbocycles. The number of hydrogen-bond donors (Lipinski definition) is 2. The highest BCUT2D eigenvalue weighted by Gasteiger charge is 2.25. The van der Waals surface area contributed by atoms with Crippen LogP contribution in [0.15, 0.2) is 12.1 Å². The maximum atomic E-state index is 12.6. The lowest BCUT2D eigenvalue weighted by atomic mass is 9.86. The number of amides is 2. The first kappa shape index (κ1) is 33.8. The van der Waals surface area contributed by atoms with Crippen LogP contribution >= 0.6 is 0 Å². The molecule has 0 aliphatic carbocycles. The monoisotopic (exact) mass is 567 g/mol. The summed E-state index contributed by atoms with van der Waals surface area (Å²) in [6.45, 7) is 11.9. The molecule has 1 aliphatic heterocycles. The molecule has 1 heterocycles. The van der Waals surface area contributed by atoms with E-state index in [0.717, 1.165) is 31.7 Å². The van der Waals surface area contributed by atoms with E-state index in [9.17, 15) is 9.59 Å². The van der Waals surface area contributed by atoms with Gasteiger partial charge in [-0.2, -0.15) is 0 Å². The summed E-state index contributed by atoms with van der Waals surface area (Å²) in [5.74, 6) is 0.888. The van der Waals surface area contributed by atoms with E-state index < -0.39 is 0 Å². The molecule has 0 spiro atoms. The van der Waals surface area contributed by atoms with Gasteiger partial charge in [0.2, 0.25) is 11.8 Å². The molecule has 0 saturated carbocycles. The minimum Gasteiger partial charge on any atom is -0.489 e. The van der Waals surface area contributed by atoms with E-state index in [4.69, 9.17) is 39.9 Å². The number of anilines is 1. The maximum Gasteiger partial charge on any atom is 0.224 e. The van der Waals surface area contributed by atoms with E-state index in [1.54, 1.807) is 0 Å². The molecule has 2 rings (SSSR count). The van der Waals surface area contributed by atoms with E-state index >= 15 is 0 Å². The van der Waals surface area contributed by atoms with Crippen LogP contribution in [-0.4, -0.2) is 102 Å². The number of hydrogen-bond acceptors (Lipinski definition) is 9. The molecular weight excluding hydrogens is 518 g/mol. The molecule has 1 fully saturated rings. The zero-order valence-electron chi connectivity index (χ0n) is 24.5. The van der Waals surface area contributed by atoms with Crippen molar-refractivity contribution in [1.82, 2.24) is 4.90 Å². The molecule has 0 atom stereocenters. The highest BCUT2D eigenvalue weighted by Crippen LogP contribution is 2.36. The standard InChI is InChI=1S/C29H49N3O8/c1-22(2)40-27-21-25(23(3)20-26(27)30)24-4-8-32(9-5-24)29(34)7-11-36-13-15-38-17-19-39-18-16-37-14-12-35-10-6-28(31)33/h20-22,24H,4-19,30H2,1-3H3,(H2,31,33). The Bertz CT molecular complexity index is 875. The summed E-state index contributed by atoms with van der Waals surface area (Å²) in [4.78, 5) is 25.1. The van der Waals surface area contributed by atoms with Crippen LogP contribution in [0.2, 0.25) is 0 Å². The van der Waals surface area contributed by atoms with Crippen molar-refractivity contribution in [2.45, 2.75) is 58.5 Å². The Morgan fingerprint density at radius 1 is 0.825 bits per heavy atom. The molecule has 11 nitrogen and oxygen atoms in total. The van der Waals surface area contributed by atoms with Crippen LogP contribution in [0.3, 0.4) is 0 Å². The first-order valence-corrected chi connectivity index (χ1v) is 14.3.